The van der Waals surface area contributed by atoms with Crippen molar-refractivity contribution in [3.8, 4) is 0 Å². The Bertz CT molecular complexity index is 930. The summed E-state index contributed by atoms with van der Waals surface area (Å²) in [5, 5.41) is 7.92. The molecule has 2 aromatic carbocycles. The van der Waals surface area contributed by atoms with Crippen LogP contribution < -0.4 is 10.6 Å². The summed E-state index contributed by atoms with van der Waals surface area (Å²) >= 11 is 2.84. The van der Waals surface area contributed by atoms with Crippen LogP contribution in [0.2, 0.25) is 0 Å². The minimum atomic E-state index is -0.258. The zero-order valence-corrected chi connectivity index (χ0v) is 14.0. The van der Waals surface area contributed by atoms with Crippen LogP contribution in [-0.4, -0.2) is 23.1 Å². The second kappa shape index (κ2) is 6.29. The number of hydrogen-bond donors (Lipinski definition) is 2. The molecule has 2 heterocycles. The Balaban J connectivity index is 1.36. The molecule has 2 aromatic heterocycles. The van der Waals surface area contributed by atoms with Gasteiger partial charge in [0.05, 0.1) is 20.4 Å². The monoisotopic (exact) mass is 362 g/mol. The van der Waals surface area contributed by atoms with Crippen LogP contribution in [0.5, 0.6) is 0 Å². The molecule has 0 amide bonds. The average Bonchev–Trinajstić information content (AvgIpc) is 3.13. The predicted octanol–water partition coefficient (Wildman–Crippen LogP) is 4.71. The van der Waals surface area contributed by atoms with Crippen LogP contribution in [0.3, 0.4) is 0 Å². The third-order valence-electron chi connectivity index (χ3n) is 3.38. The van der Waals surface area contributed by atoms with Gasteiger partial charge in [0, 0.05) is 13.1 Å². The van der Waals surface area contributed by atoms with Crippen LogP contribution in [0, 0.1) is 11.6 Å². The molecule has 0 unspecified atom stereocenters. The van der Waals surface area contributed by atoms with Crippen LogP contribution in [0.25, 0.3) is 20.4 Å². The van der Waals surface area contributed by atoms with Crippen LogP contribution in [-0.2, 0) is 0 Å². The third kappa shape index (κ3) is 3.15. The maximum Gasteiger partial charge on any atom is 0.183 e. The topological polar surface area (TPSA) is 49.8 Å². The van der Waals surface area contributed by atoms with Gasteiger partial charge in [0.25, 0.3) is 0 Å². The van der Waals surface area contributed by atoms with Gasteiger partial charge in [-0.25, -0.2) is 18.7 Å². The van der Waals surface area contributed by atoms with E-state index in [-0.39, 0.29) is 11.6 Å². The Morgan fingerprint density at radius 3 is 1.67 bits per heavy atom. The number of thiazole rings is 2. The highest BCUT2D eigenvalue weighted by molar-refractivity contribution is 7.22. The lowest BCUT2D eigenvalue weighted by Gasteiger charge is -2.03. The lowest BCUT2D eigenvalue weighted by molar-refractivity contribution is 0.629. The lowest BCUT2D eigenvalue weighted by Crippen LogP contribution is -2.13. The van der Waals surface area contributed by atoms with E-state index in [1.54, 1.807) is 12.1 Å². The van der Waals surface area contributed by atoms with Crippen molar-refractivity contribution in [3.63, 3.8) is 0 Å². The highest BCUT2D eigenvalue weighted by atomic mass is 32.1. The summed E-state index contributed by atoms with van der Waals surface area (Å²) in [7, 11) is 0. The maximum absolute atomic E-state index is 13.2. The molecule has 0 bridgehead atoms. The smallest absolute Gasteiger partial charge is 0.183 e. The first-order valence-electron chi connectivity index (χ1n) is 7.27. The molecule has 0 fully saturated rings. The van der Waals surface area contributed by atoms with Crippen molar-refractivity contribution in [1.82, 2.24) is 9.97 Å². The summed E-state index contributed by atoms with van der Waals surface area (Å²) in [6.45, 7) is 1.29. The summed E-state index contributed by atoms with van der Waals surface area (Å²) in [6, 6.07) is 9.12. The Morgan fingerprint density at radius 1 is 0.750 bits per heavy atom. The first kappa shape index (κ1) is 15.2. The van der Waals surface area contributed by atoms with Gasteiger partial charge in [0.1, 0.15) is 11.6 Å². The lowest BCUT2D eigenvalue weighted by atomic mass is 10.3. The summed E-state index contributed by atoms with van der Waals surface area (Å²) in [4.78, 5) is 8.80. The van der Waals surface area contributed by atoms with Crippen LogP contribution in [0.4, 0.5) is 19.0 Å². The minimum absolute atomic E-state index is 0.258. The zero-order chi connectivity index (χ0) is 16.5. The van der Waals surface area contributed by atoms with Crippen molar-refractivity contribution in [1.29, 1.82) is 0 Å². The number of benzene rings is 2. The fourth-order valence-corrected chi connectivity index (χ4v) is 4.12. The van der Waals surface area contributed by atoms with E-state index >= 15 is 0 Å². The number of nitrogens with one attached hydrogen (secondary N) is 2. The molecule has 0 saturated carbocycles. The van der Waals surface area contributed by atoms with Gasteiger partial charge in [0.15, 0.2) is 10.3 Å². The maximum atomic E-state index is 13.2. The quantitative estimate of drug-likeness (QED) is 0.505. The first-order chi connectivity index (χ1) is 11.7. The fourth-order valence-electron chi connectivity index (χ4n) is 2.29. The molecule has 0 aliphatic heterocycles. The van der Waals surface area contributed by atoms with E-state index in [1.807, 2.05) is 0 Å². The van der Waals surface area contributed by atoms with Crippen LogP contribution >= 0.6 is 22.7 Å². The van der Waals surface area contributed by atoms with Gasteiger partial charge in [-0.1, -0.05) is 22.7 Å². The summed E-state index contributed by atoms with van der Waals surface area (Å²) < 4.78 is 28.0. The average molecular weight is 362 g/mol. The molecule has 0 saturated heterocycles. The number of halogens is 2. The molecule has 24 heavy (non-hydrogen) atoms. The van der Waals surface area contributed by atoms with E-state index in [9.17, 15) is 8.78 Å². The van der Waals surface area contributed by atoms with Gasteiger partial charge in [-0.05, 0) is 36.4 Å². The van der Waals surface area contributed by atoms with Crippen LogP contribution in [0.1, 0.15) is 0 Å². The highest BCUT2D eigenvalue weighted by Gasteiger charge is 2.06. The van der Waals surface area contributed by atoms with E-state index < -0.39 is 0 Å². The molecule has 8 heteroatoms. The fraction of sp³-hybridized carbons (Fsp3) is 0.125. The van der Waals surface area contributed by atoms with Gasteiger partial charge in [0.2, 0.25) is 0 Å². The van der Waals surface area contributed by atoms with Gasteiger partial charge in [-0.2, -0.15) is 0 Å². The Morgan fingerprint density at radius 2 is 1.21 bits per heavy atom. The Kier molecular flexibility index (Phi) is 3.99. The SMILES string of the molecule is Fc1ccc2nc(NCCNc3nc4ccc(F)cc4s3)sc2c1. The largest absolute Gasteiger partial charge is 0.360 e. The molecule has 4 rings (SSSR count). The van der Waals surface area contributed by atoms with Crippen molar-refractivity contribution in [2.45, 2.75) is 0 Å². The normalized spacial score (nSPS) is 11.2. The van der Waals surface area contributed by atoms with Crippen molar-refractivity contribution in [3.05, 3.63) is 48.0 Å². The number of aromatic nitrogens is 2. The highest BCUT2D eigenvalue weighted by Crippen LogP contribution is 2.27. The molecule has 4 nitrogen and oxygen atoms in total. The first-order valence-corrected chi connectivity index (χ1v) is 8.91. The van der Waals surface area contributed by atoms with Gasteiger partial charge in [-0.15, -0.1) is 0 Å². The zero-order valence-electron chi connectivity index (χ0n) is 12.3. The van der Waals surface area contributed by atoms with E-state index in [2.05, 4.69) is 20.6 Å². The standard InChI is InChI=1S/C16H12F2N4S2/c17-9-1-3-11-13(7-9)23-15(21-11)19-5-6-20-16-22-12-4-2-10(18)8-14(12)24-16/h1-4,7-8H,5-6H2,(H,19,21)(H,20,22). The van der Waals surface area contributed by atoms with Gasteiger partial charge in [-0.3, -0.25) is 0 Å². The van der Waals surface area contributed by atoms with E-state index in [0.717, 1.165) is 30.7 Å². The van der Waals surface area contributed by atoms with Crippen LogP contribution in [0.15, 0.2) is 36.4 Å². The summed E-state index contributed by atoms with van der Waals surface area (Å²) in [5.74, 6) is -0.515. The Hall–Kier alpha value is -2.32. The predicted molar refractivity (Wildman–Crippen MR) is 96.1 cm³/mol. The Labute approximate surface area is 144 Å². The molecule has 122 valence electrons. The van der Waals surface area contributed by atoms with Crippen molar-refractivity contribution >= 4 is 53.4 Å². The van der Waals surface area contributed by atoms with Crippen molar-refractivity contribution < 1.29 is 8.78 Å². The summed E-state index contributed by atoms with van der Waals surface area (Å²) in [5.41, 5.74) is 1.56. The molecule has 0 radical (unpaired) electrons. The second-order valence-corrected chi connectivity index (χ2v) is 7.18. The number of fused-ring (bicyclic) bond motifs is 2. The van der Waals surface area contributed by atoms with E-state index in [1.165, 1.54) is 46.9 Å². The molecule has 0 spiro atoms. The number of rotatable bonds is 5. The molecule has 0 aliphatic carbocycles. The van der Waals surface area contributed by atoms with E-state index in [4.69, 9.17) is 0 Å². The molecule has 2 N–H and O–H groups in total. The molecular weight excluding hydrogens is 350 g/mol. The molecule has 0 atom stereocenters. The van der Waals surface area contributed by atoms with Gasteiger partial charge >= 0.3 is 0 Å². The molecule has 4 aromatic rings. The van der Waals surface area contributed by atoms with Gasteiger partial charge < -0.3 is 10.6 Å². The molecular formula is C16H12F2N4S2. The van der Waals surface area contributed by atoms with Crippen molar-refractivity contribution in [2.24, 2.45) is 0 Å². The number of anilines is 2. The number of hydrogen-bond acceptors (Lipinski definition) is 6. The third-order valence-corrected chi connectivity index (χ3v) is 5.33. The van der Waals surface area contributed by atoms with Crippen molar-refractivity contribution in [2.75, 3.05) is 23.7 Å². The number of nitrogens with zero attached hydrogens (tertiary/aromatic N) is 2. The molecule has 0 aliphatic rings. The minimum Gasteiger partial charge on any atom is -0.360 e. The second-order valence-electron chi connectivity index (χ2n) is 5.12. The van der Waals surface area contributed by atoms with E-state index in [0.29, 0.717) is 13.1 Å². The summed E-state index contributed by atoms with van der Waals surface area (Å²) in [6.07, 6.45) is 0.